The maximum atomic E-state index is 14.3. The SMILES string of the molecule is C[C@H](Nc1ncc(F)c(N2C(=O)CC[C@@H]2CO)n1)c1cnc(-c2ccc(Cl)cc2)s1. The van der Waals surface area contributed by atoms with Gasteiger partial charge in [0.2, 0.25) is 11.9 Å². The highest BCUT2D eigenvalue weighted by molar-refractivity contribution is 7.15. The first-order valence-corrected chi connectivity index (χ1v) is 10.6. The van der Waals surface area contributed by atoms with E-state index in [0.717, 1.165) is 21.6 Å². The van der Waals surface area contributed by atoms with Crippen LogP contribution in [0.1, 0.15) is 30.7 Å². The third-order valence-corrected chi connectivity index (χ3v) is 6.36. The molecule has 1 saturated heterocycles. The average molecular weight is 448 g/mol. The van der Waals surface area contributed by atoms with E-state index in [1.165, 1.54) is 16.2 Å². The Kier molecular flexibility index (Phi) is 5.94. The normalized spacial score (nSPS) is 17.4. The summed E-state index contributed by atoms with van der Waals surface area (Å²) < 4.78 is 14.3. The van der Waals surface area contributed by atoms with Gasteiger partial charge in [-0.2, -0.15) is 4.98 Å². The number of hydrogen-bond acceptors (Lipinski definition) is 7. The second-order valence-corrected chi connectivity index (χ2v) is 8.44. The summed E-state index contributed by atoms with van der Waals surface area (Å²) in [7, 11) is 0. The van der Waals surface area contributed by atoms with Crippen molar-refractivity contribution < 1.29 is 14.3 Å². The minimum atomic E-state index is -0.704. The van der Waals surface area contributed by atoms with Gasteiger partial charge in [-0.25, -0.2) is 14.4 Å². The van der Waals surface area contributed by atoms with E-state index in [-0.39, 0.29) is 36.7 Å². The maximum Gasteiger partial charge on any atom is 0.228 e. The lowest BCUT2D eigenvalue weighted by Gasteiger charge is -2.23. The first-order valence-electron chi connectivity index (χ1n) is 9.40. The number of aliphatic hydroxyl groups is 1. The summed E-state index contributed by atoms with van der Waals surface area (Å²) in [6.45, 7) is 1.67. The molecule has 1 aliphatic heterocycles. The largest absolute Gasteiger partial charge is 0.394 e. The van der Waals surface area contributed by atoms with Crippen LogP contribution in [-0.4, -0.2) is 38.6 Å². The molecule has 4 rings (SSSR count). The Bertz CT molecular complexity index is 1060. The molecule has 1 amide bonds. The maximum absolute atomic E-state index is 14.3. The van der Waals surface area contributed by atoms with Crippen molar-refractivity contribution in [2.45, 2.75) is 31.8 Å². The average Bonchev–Trinajstić information content (AvgIpc) is 3.37. The molecule has 3 heterocycles. The van der Waals surface area contributed by atoms with Gasteiger partial charge in [0.15, 0.2) is 11.6 Å². The zero-order valence-electron chi connectivity index (χ0n) is 16.0. The van der Waals surface area contributed by atoms with E-state index in [9.17, 15) is 14.3 Å². The lowest BCUT2D eigenvalue weighted by atomic mass is 10.2. The van der Waals surface area contributed by atoms with Crippen molar-refractivity contribution in [3.8, 4) is 10.6 Å². The molecule has 0 spiro atoms. The Morgan fingerprint density at radius 3 is 2.83 bits per heavy atom. The summed E-state index contributed by atoms with van der Waals surface area (Å²) in [6.07, 6.45) is 3.51. The molecular formula is C20H19ClFN5O2S. The predicted octanol–water partition coefficient (Wildman–Crippen LogP) is 4.05. The number of anilines is 2. The summed E-state index contributed by atoms with van der Waals surface area (Å²) in [5.41, 5.74) is 0.964. The van der Waals surface area contributed by atoms with E-state index >= 15 is 0 Å². The first-order chi connectivity index (χ1) is 14.5. The van der Waals surface area contributed by atoms with Gasteiger partial charge in [0.25, 0.3) is 0 Å². The van der Waals surface area contributed by atoms with Crippen molar-refractivity contribution in [2.75, 3.05) is 16.8 Å². The molecule has 7 nitrogen and oxygen atoms in total. The number of rotatable bonds is 6. The summed E-state index contributed by atoms with van der Waals surface area (Å²) in [4.78, 5) is 27.0. The van der Waals surface area contributed by atoms with Gasteiger partial charge in [0.05, 0.1) is 24.9 Å². The number of aliphatic hydroxyl groups excluding tert-OH is 1. The Labute approximate surface area is 181 Å². The second kappa shape index (κ2) is 8.63. The molecule has 0 aliphatic carbocycles. The number of thiazole rings is 1. The molecule has 1 aliphatic rings. The van der Waals surface area contributed by atoms with Crippen molar-refractivity contribution in [3.63, 3.8) is 0 Å². The Morgan fingerprint density at radius 2 is 2.10 bits per heavy atom. The smallest absolute Gasteiger partial charge is 0.228 e. The zero-order chi connectivity index (χ0) is 21.3. The fraction of sp³-hybridized carbons (Fsp3) is 0.300. The van der Waals surface area contributed by atoms with Gasteiger partial charge >= 0.3 is 0 Å². The van der Waals surface area contributed by atoms with Crippen LogP contribution >= 0.6 is 22.9 Å². The quantitative estimate of drug-likeness (QED) is 0.592. The van der Waals surface area contributed by atoms with Gasteiger partial charge in [-0.1, -0.05) is 23.7 Å². The molecule has 2 atom stereocenters. The van der Waals surface area contributed by atoms with Crippen molar-refractivity contribution in [1.29, 1.82) is 0 Å². The van der Waals surface area contributed by atoms with Gasteiger partial charge < -0.3 is 10.4 Å². The van der Waals surface area contributed by atoms with Crippen LogP contribution in [0.4, 0.5) is 16.2 Å². The number of carbonyl (C=O) groups is 1. The molecule has 2 aromatic heterocycles. The minimum Gasteiger partial charge on any atom is -0.394 e. The number of amides is 1. The third-order valence-electron chi connectivity index (χ3n) is 4.88. The van der Waals surface area contributed by atoms with Gasteiger partial charge in [0, 0.05) is 28.1 Å². The van der Waals surface area contributed by atoms with E-state index in [1.54, 1.807) is 6.20 Å². The van der Waals surface area contributed by atoms with Crippen molar-refractivity contribution in [2.24, 2.45) is 0 Å². The highest BCUT2D eigenvalue weighted by Gasteiger charge is 2.34. The lowest BCUT2D eigenvalue weighted by molar-refractivity contribution is -0.117. The number of nitrogens with one attached hydrogen (secondary N) is 1. The number of hydrogen-bond donors (Lipinski definition) is 2. The number of carbonyl (C=O) groups excluding carboxylic acids is 1. The summed E-state index contributed by atoms with van der Waals surface area (Å²) >= 11 is 7.45. The van der Waals surface area contributed by atoms with E-state index < -0.39 is 11.9 Å². The van der Waals surface area contributed by atoms with Crippen molar-refractivity contribution in [3.05, 3.63) is 52.4 Å². The number of nitrogens with zero attached hydrogens (tertiary/aromatic N) is 4. The summed E-state index contributed by atoms with van der Waals surface area (Å²) in [5, 5.41) is 14.1. The standard InChI is InChI=1S/C20H19ClFN5O2S/c1-11(16-9-23-19(30-16)12-2-4-13(21)5-3-12)25-20-24-8-15(22)18(26-20)27-14(10-28)6-7-17(27)29/h2-5,8-9,11,14,28H,6-7,10H2,1H3,(H,24,25,26)/t11-,14+/m0/s1. The van der Waals surface area contributed by atoms with Crippen LogP contribution < -0.4 is 10.2 Å². The lowest BCUT2D eigenvalue weighted by Crippen LogP contribution is -2.37. The van der Waals surface area contributed by atoms with Crippen LogP contribution in [-0.2, 0) is 4.79 Å². The molecule has 0 radical (unpaired) electrons. The van der Waals surface area contributed by atoms with Crippen molar-refractivity contribution in [1.82, 2.24) is 15.0 Å². The monoisotopic (exact) mass is 447 g/mol. The van der Waals surface area contributed by atoms with Gasteiger partial charge in [-0.3, -0.25) is 9.69 Å². The van der Waals surface area contributed by atoms with Crippen LogP contribution in [0, 0.1) is 5.82 Å². The van der Waals surface area contributed by atoms with Crippen LogP contribution in [0.2, 0.25) is 5.02 Å². The van der Waals surface area contributed by atoms with E-state index in [2.05, 4.69) is 20.3 Å². The molecule has 0 bridgehead atoms. The van der Waals surface area contributed by atoms with Gasteiger partial charge in [-0.05, 0) is 25.5 Å². The molecular weight excluding hydrogens is 429 g/mol. The third kappa shape index (κ3) is 4.14. The fourth-order valence-corrected chi connectivity index (χ4v) is 4.33. The molecule has 0 unspecified atom stereocenters. The molecule has 30 heavy (non-hydrogen) atoms. The molecule has 1 aromatic carbocycles. The van der Waals surface area contributed by atoms with Gasteiger partial charge in [-0.15, -0.1) is 11.3 Å². The van der Waals surface area contributed by atoms with Crippen LogP contribution in [0.25, 0.3) is 10.6 Å². The molecule has 2 N–H and O–H groups in total. The molecule has 1 fully saturated rings. The van der Waals surface area contributed by atoms with Crippen LogP contribution in [0.15, 0.2) is 36.7 Å². The Balaban J connectivity index is 1.53. The number of aromatic nitrogens is 3. The summed E-state index contributed by atoms with van der Waals surface area (Å²) in [6, 6.07) is 6.77. The molecule has 156 valence electrons. The zero-order valence-corrected chi connectivity index (χ0v) is 17.6. The highest BCUT2D eigenvalue weighted by atomic mass is 35.5. The van der Waals surface area contributed by atoms with E-state index in [4.69, 9.17) is 11.6 Å². The Morgan fingerprint density at radius 1 is 1.33 bits per heavy atom. The van der Waals surface area contributed by atoms with Crippen molar-refractivity contribution >= 4 is 40.6 Å². The van der Waals surface area contributed by atoms with Crippen LogP contribution in [0.5, 0.6) is 0 Å². The molecule has 0 saturated carbocycles. The Hall–Kier alpha value is -2.62. The number of halogens is 2. The van der Waals surface area contributed by atoms with E-state index in [0.29, 0.717) is 11.4 Å². The summed E-state index contributed by atoms with van der Waals surface area (Å²) in [5.74, 6) is -0.894. The minimum absolute atomic E-state index is 0.118. The van der Waals surface area contributed by atoms with Crippen LogP contribution in [0.3, 0.4) is 0 Å². The van der Waals surface area contributed by atoms with E-state index in [1.807, 2.05) is 31.2 Å². The topological polar surface area (TPSA) is 91.2 Å². The molecule has 10 heteroatoms. The van der Waals surface area contributed by atoms with Gasteiger partial charge in [0.1, 0.15) is 5.01 Å². The fourth-order valence-electron chi connectivity index (χ4n) is 3.28. The highest BCUT2D eigenvalue weighted by Crippen LogP contribution is 2.32. The number of benzene rings is 1. The first kappa shape index (κ1) is 20.6. The molecule has 3 aromatic rings. The predicted molar refractivity (Wildman–Crippen MR) is 114 cm³/mol. The second-order valence-electron chi connectivity index (χ2n) is 6.94.